The van der Waals surface area contributed by atoms with Crippen molar-refractivity contribution in [2.75, 3.05) is 32.8 Å². The number of rotatable bonds is 4. The second-order valence-electron chi connectivity index (χ2n) is 6.82. The minimum absolute atomic E-state index is 0.00389. The number of carbonyl (C=O) groups excluding carboxylic acids is 3. The molecule has 1 aromatic carbocycles. The van der Waals surface area contributed by atoms with Crippen LogP contribution in [0.5, 0.6) is 5.75 Å². The fourth-order valence-electron chi connectivity index (χ4n) is 3.35. The first-order chi connectivity index (χ1) is 12.5. The molecule has 2 heterocycles. The molecule has 1 N–H and O–H groups in total. The van der Waals surface area contributed by atoms with Crippen molar-refractivity contribution in [3.8, 4) is 5.75 Å². The minimum atomic E-state index is -0.408. The highest BCUT2D eigenvalue weighted by Crippen LogP contribution is 2.14. The predicted molar refractivity (Wildman–Crippen MR) is 95.6 cm³/mol. The van der Waals surface area contributed by atoms with Gasteiger partial charge in [0.05, 0.1) is 0 Å². The van der Waals surface area contributed by atoms with Crippen molar-refractivity contribution in [1.29, 1.82) is 0 Å². The zero-order chi connectivity index (χ0) is 18.5. The van der Waals surface area contributed by atoms with Gasteiger partial charge in [-0.2, -0.15) is 0 Å². The number of amides is 3. The summed E-state index contributed by atoms with van der Waals surface area (Å²) in [6.07, 6.45) is 1.69. The maximum atomic E-state index is 12.5. The van der Waals surface area contributed by atoms with E-state index >= 15 is 0 Å². The van der Waals surface area contributed by atoms with Gasteiger partial charge in [0.25, 0.3) is 5.91 Å². The van der Waals surface area contributed by atoms with Gasteiger partial charge in [-0.3, -0.25) is 14.4 Å². The Labute approximate surface area is 153 Å². The molecule has 1 aromatic rings. The first-order valence-corrected chi connectivity index (χ1v) is 9.08. The fourth-order valence-corrected chi connectivity index (χ4v) is 3.35. The average molecular weight is 359 g/mol. The Kier molecular flexibility index (Phi) is 5.75. The lowest BCUT2D eigenvalue weighted by Crippen LogP contribution is -2.46. The van der Waals surface area contributed by atoms with Crippen LogP contribution in [-0.2, 0) is 14.4 Å². The Hall–Kier alpha value is -2.57. The van der Waals surface area contributed by atoms with E-state index in [-0.39, 0.29) is 24.3 Å². The molecule has 2 aliphatic heterocycles. The number of nitrogens with one attached hydrogen (secondary N) is 1. The molecular formula is C19H25N3O4. The molecule has 2 saturated heterocycles. The third-order valence-corrected chi connectivity index (χ3v) is 4.81. The summed E-state index contributed by atoms with van der Waals surface area (Å²) in [5.41, 5.74) is 1.08. The standard InChI is InChI=1S/C19H25N3O4/c1-14-4-2-5-15(12-14)26-13-18(24)21-8-3-9-22(11-10-21)19(25)16-6-7-17(23)20-16/h2,4-5,12,16H,3,6-11,13H2,1H3,(H,20,23). The predicted octanol–water partition coefficient (Wildman–Crippen LogP) is 0.713. The quantitative estimate of drug-likeness (QED) is 0.859. The molecule has 0 aliphatic carbocycles. The van der Waals surface area contributed by atoms with Crippen LogP contribution in [0.2, 0.25) is 0 Å². The third kappa shape index (κ3) is 4.53. The summed E-state index contributed by atoms with van der Waals surface area (Å²) < 4.78 is 5.59. The second-order valence-corrected chi connectivity index (χ2v) is 6.82. The highest BCUT2D eigenvalue weighted by molar-refractivity contribution is 5.90. The van der Waals surface area contributed by atoms with Crippen LogP contribution in [0.4, 0.5) is 0 Å². The SMILES string of the molecule is Cc1cccc(OCC(=O)N2CCCN(C(=O)C3CCC(=O)N3)CC2)c1. The second kappa shape index (κ2) is 8.21. The Morgan fingerprint density at radius 2 is 1.96 bits per heavy atom. The largest absolute Gasteiger partial charge is 0.484 e. The van der Waals surface area contributed by atoms with Crippen LogP contribution >= 0.6 is 0 Å². The molecule has 3 amide bonds. The van der Waals surface area contributed by atoms with Crippen LogP contribution < -0.4 is 10.1 Å². The molecule has 0 spiro atoms. The summed E-state index contributed by atoms with van der Waals surface area (Å²) in [6.45, 7) is 4.16. The Balaban J connectivity index is 1.49. The molecule has 0 radical (unpaired) electrons. The first-order valence-electron chi connectivity index (χ1n) is 9.08. The third-order valence-electron chi connectivity index (χ3n) is 4.81. The summed E-state index contributed by atoms with van der Waals surface area (Å²) in [7, 11) is 0. The molecular weight excluding hydrogens is 334 g/mol. The van der Waals surface area contributed by atoms with Crippen LogP contribution in [0.1, 0.15) is 24.8 Å². The topological polar surface area (TPSA) is 79.0 Å². The molecule has 1 atom stereocenters. The summed E-state index contributed by atoms with van der Waals surface area (Å²) in [5, 5.41) is 2.72. The minimum Gasteiger partial charge on any atom is -0.484 e. The molecule has 140 valence electrons. The zero-order valence-corrected chi connectivity index (χ0v) is 15.1. The highest BCUT2D eigenvalue weighted by Gasteiger charge is 2.32. The average Bonchev–Trinajstić information content (AvgIpc) is 2.91. The Morgan fingerprint density at radius 3 is 2.69 bits per heavy atom. The maximum Gasteiger partial charge on any atom is 0.260 e. The van der Waals surface area contributed by atoms with E-state index in [1.807, 2.05) is 31.2 Å². The van der Waals surface area contributed by atoms with E-state index in [2.05, 4.69) is 5.32 Å². The number of aryl methyl sites for hydroxylation is 1. The molecule has 1 unspecified atom stereocenters. The van der Waals surface area contributed by atoms with Crippen LogP contribution in [-0.4, -0.2) is 66.3 Å². The smallest absolute Gasteiger partial charge is 0.260 e. The summed E-state index contributed by atoms with van der Waals surface area (Å²) in [4.78, 5) is 39.7. The van der Waals surface area contributed by atoms with Crippen molar-refractivity contribution in [2.24, 2.45) is 0 Å². The van der Waals surface area contributed by atoms with Gasteiger partial charge in [0.1, 0.15) is 11.8 Å². The maximum absolute atomic E-state index is 12.5. The van der Waals surface area contributed by atoms with Crippen molar-refractivity contribution in [3.63, 3.8) is 0 Å². The van der Waals surface area contributed by atoms with Gasteiger partial charge in [-0.15, -0.1) is 0 Å². The van der Waals surface area contributed by atoms with Gasteiger partial charge >= 0.3 is 0 Å². The molecule has 2 aliphatic rings. The fraction of sp³-hybridized carbons (Fsp3) is 0.526. The molecule has 7 nitrogen and oxygen atoms in total. The molecule has 0 aromatic heterocycles. The van der Waals surface area contributed by atoms with E-state index in [0.717, 1.165) is 12.0 Å². The van der Waals surface area contributed by atoms with Gasteiger partial charge in [-0.25, -0.2) is 0 Å². The summed E-state index contributed by atoms with van der Waals surface area (Å²) in [6, 6.07) is 7.19. The number of carbonyl (C=O) groups is 3. The Morgan fingerprint density at radius 1 is 1.19 bits per heavy atom. The van der Waals surface area contributed by atoms with E-state index in [1.165, 1.54) is 0 Å². The van der Waals surface area contributed by atoms with Gasteiger partial charge in [0.15, 0.2) is 6.61 Å². The van der Waals surface area contributed by atoms with Gasteiger partial charge in [-0.1, -0.05) is 12.1 Å². The van der Waals surface area contributed by atoms with E-state index in [0.29, 0.717) is 44.8 Å². The van der Waals surface area contributed by atoms with Crippen molar-refractivity contribution < 1.29 is 19.1 Å². The van der Waals surface area contributed by atoms with E-state index in [4.69, 9.17) is 4.74 Å². The normalized spacial score (nSPS) is 20.5. The van der Waals surface area contributed by atoms with Gasteiger partial charge < -0.3 is 19.9 Å². The Bertz CT molecular complexity index is 691. The summed E-state index contributed by atoms with van der Waals surface area (Å²) >= 11 is 0. The van der Waals surface area contributed by atoms with Gasteiger partial charge in [0, 0.05) is 32.6 Å². The lowest BCUT2D eigenvalue weighted by molar-refractivity contribution is -0.136. The van der Waals surface area contributed by atoms with Crippen LogP contribution in [0.3, 0.4) is 0 Å². The van der Waals surface area contributed by atoms with E-state index in [9.17, 15) is 14.4 Å². The van der Waals surface area contributed by atoms with Crippen molar-refractivity contribution in [1.82, 2.24) is 15.1 Å². The number of hydrogen-bond donors (Lipinski definition) is 1. The number of nitrogens with zero attached hydrogens (tertiary/aromatic N) is 2. The van der Waals surface area contributed by atoms with Crippen molar-refractivity contribution in [3.05, 3.63) is 29.8 Å². The van der Waals surface area contributed by atoms with Crippen LogP contribution in [0, 0.1) is 6.92 Å². The summed E-state index contributed by atoms with van der Waals surface area (Å²) in [5.74, 6) is 0.501. The molecule has 7 heteroatoms. The van der Waals surface area contributed by atoms with Crippen LogP contribution in [0.15, 0.2) is 24.3 Å². The molecule has 0 saturated carbocycles. The van der Waals surface area contributed by atoms with Gasteiger partial charge in [-0.05, 0) is 37.5 Å². The lowest BCUT2D eigenvalue weighted by Gasteiger charge is -2.24. The van der Waals surface area contributed by atoms with E-state index in [1.54, 1.807) is 9.80 Å². The molecule has 26 heavy (non-hydrogen) atoms. The number of ether oxygens (including phenoxy) is 1. The monoisotopic (exact) mass is 359 g/mol. The number of benzene rings is 1. The zero-order valence-electron chi connectivity index (χ0n) is 15.1. The highest BCUT2D eigenvalue weighted by atomic mass is 16.5. The van der Waals surface area contributed by atoms with Crippen molar-refractivity contribution >= 4 is 17.7 Å². The van der Waals surface area contributed by atoms with Crippen molar-refractivity contribution in [2.45, 2.75) is 32.2 Å². The van der Waals surface area contributed by atoms with Gasteiger partial charge in [0.2, 0.25) is 11.8 Å². The van der Waals surface area contributed by atoms with E-state index < -0.39 is 6.04 Å². The lowest BCUT2D eigenvalue weighted by atomic mass is 10.2. The molecule has 0 bridgehead atoms. The van der Waals surface area contributed by atoms with Crippen LogP contribution in [0.25, 0.3) is 0 Å². The number of hydrogen-bond acceptors (Lipinski definition) is 4. The molecule has 2 fully saturated rings. The first kappa shape index (κ1) is 18.2. The molecule has 3 rings (SSSR count).